The van der Waals surface area contributed by atoms with Crippen LogP contribution in [0.2, 0.25) is 0 Å². The van der Waals surface area contributed by atoms with Crippen molar-refractivity contribution in [1.82, 2.24) is 15.1 Å². The third-order valence-electron chi connectivity index (χ3n) is 4.63. The Morgan fingerprint density at radius 2 is 2.12 bits per heavy atom. The quantitative estimate of drug-likeness (QED) is 0.796. The molecule has 1 aliphatic rings. The van der Waals surface area contributed by atoms with Gasteiger partial charge in [0.2, 0.25) is 0 Å². The molecule has 0 aliphatic heterocycles. The van der Waals surface area contributed by atoms with Gasteiger partial charge in [-0.2, -0.15) is 5.10 Å². The summed E-state index contributed by atoms with van der Waals surface area (Å²) in [5.41, 5.74) is 0.974. The predicted molar refractivity (Wildman–Crippen MR) is 98.1 cm³/mol. The fourth-order valence-electron chi connectivity index (χ4n) is 3.36. The molecule has 1 fully saturated rings. The predicted octanol–water partition coefficient (Wildman–Crippen LogP) is 3.59. The Hall–Kier alpha value is -1.89. The summed E-state index contributed by atoms with van der Waals surface area (Å²) in [6.07, 6.45) is 6.32. The average Bonchev–Trinajstić information content (AvgIpc) is 3.17. The van der Waals surface area contributed by atoms with Crippen LogP contribution in [-0.2, 0) is 9.53 Å². The SMILES string of the molecule is CCOC(=O)CCNC(=O)c1cc2c(C)nn(C3CCCCC3)c2s1. The summed E-state index contributed by atoms with van der Waals surface area (Å²) >= 11 is 1.49. The molecule has 2 aromatic heterocycles. The highest BCUT2D eigenvalue weighted by atomic mass is 32.1. The van der Waals surface area contributed by atoms with E-state index in [1.165, 1.54) is 30.6 Å². The van der Waals surface area contributed by atoms with E-state index < -0.39 is 0 Å². The summed E-state index contributed by atoms with van der Waals surface area (Å²) in [6, 6.07) is 2.37. The van der Waals surface area contributed by atoms with E-state index in [2.05, 4.69) is 10.00 Å². The smallest absolute Gasteiger partial charge is 0.307 e. The Morgan fingerprint density at radius 1 is 1.36 bits per heavy atom. The molecule has 0 atom stereocenters. The second-order valence-corrected chi connectivity index (χ2v) is 7.49. The maximum atomic E-state index is 12.4. The average molecular weight is 363 g/mol. The lowest BCUT2D eigenvalue weighted by molar-refractivity contribution is -0.142. The molecule has 1 aliphatic carbocycles. The molecule has 7 heteroatoms. The minimum atomic E-state index is -0.289. The molecule has 1 saturated carbocycles. The van der Waals surface area contributed by atoms with Crippen molar-refractivity contribution in [2.24, 2.45) is 0 Å². The summed E-state index contributed by atoms with van der Waals surface area (Å²) in [6.45, 7) is 4.42. The Balaban J connectivity index is 1.70. The highest BCUT2D eigenvalue weighted by Gasteiger charge is 2.22. The number of carbonyl (C=O) groups excluding carboxylic acids is 2. The van der Waals surface area contributed by atoms with Crippen molar-refractivity contribution < 1.29 is 14.3 Å². The van der Waals surface area contributed by atoms with Gasteiger partial charge in [-0.3, -0.25) is 14.3 Å². The third-order valence-corrected chi connectivity index (χ3v) is 5.76. The summed E-state index contributed by atoms with van der Waals surface area (Å²) in [5, 5.41) is 8.57. The van der Waals surface area contributed by atoms with Crippen molar-refractivity contribution in [3.8, 4) is 0 Å². The van der Waals surface area contributed by atoms with Crippen LogP contribution in [0.3, 0.4) is 0 Å². The van der Waals surface area contributed by atoms with Gasteiger partial charge in [0, 0.05) is 11.9 Å². The molecule has 3 rings (SSSR count). The first-order valence-corrected chi connectivity index (χ1v) is 9.84. The summed E-state index contributed by atoms with van der Waals surface area (Å²) in [5.74, 6) is -0.428. The van der Waals surface area contributed by atoms with E-state index in [9.17, 15) is 9.59 Å². The van der Waals surface area contributed by atoms with E-state index in [1.54, 1.807) is 6.92 Å². The van der Waals surface area contributed by atoms with Crippen LogP contribution in [0.25, 0.3) is 10.2 Å². The molecule has 0 aromatic carbocycles. The molecular weight excluding hydrogens is 338 g/mol. The van der Waals surface area contributed by atoms with E-state index in [1.807, 2.05) is 13.0 Å². The summed E-state index contributed by atoms with van der Waals surface area (Å²) < 4.78 is 6.99. The molecule has 0 unspecified atom stereocenters. The number of hydrogen-bond donors (Lipinski definition) is 1. The molecule has 6 nitrogen and oxygen atoms in total. The number of rotatable bonds is 6. The number of esters is 1. The van der Waals surface area contributed by atoms with E-state index in [-0.39, 0.29) is 18.3 Å². The third kappa shape index (κ3) is 4.03. The van der Waals surface area contributed by atoms with Crippen molar-refractivity contribution in [3.63, 3.8) is 0 Å². The summed E-state index contributed by atoms with van der Waals surface area (Å²) in [7, 11) is 0. The number of amides is 1. The molecule has 2 aromatic rings. The lowest BCUT2D eigenvalue weighted by atomic mass is 9.96. The van der Waals surface area contributed by atoms with E-state index in [4.69, 9.17) is 9.84 Å². The molecule has 136 valence electrons. The number of carbonyl (C=O) groups is 2. The minimum absolute atomic E-state index is 0.139. The van der Waals surface area contributed by atoms with E-state index >= 15 is 0 Å². The van der Waals surface area contributed by atoms with Gasteiger partial charge in [0.15, 0.2) is 0 Å². The van der Waals surface area contributed by atoms with E-state index in [0.717, 1.165) is 28.8 Å². The van der Waals surface area contributed by atoms with Crippen LogP contribution in [0.4, 0.5) is 0 Å². The first-order chi connectivity index (χ1) is 12.1. The Labute approximate surface area is 151 Å². The number of thiophene rings is 1. The summed E-state index contributed by atoms with van der Waals surface area (Å²) in [4.78, 5) is 25.5. The van der Waals surface area contributed by atoms with Crippen molar-refractivity contribution in [2.45, 2.75) is 58.4 Å². The van der Waals surface area contributed by atoms with Gasteiger partial charge >= 0.3 is 5.97 Å². The van der Waals surface area contributed by atoms with Crippen molar-refractivity contribution >= 4 is 33.4 Å². The van der Waals surface area contributed by atoms with Gasteiger partial charge in [-0.05, 0) is 32.8 Å². The van der Waals surface area contributed by atoms with Crippen molar-refractivity contribution in [3.05, 3.63) is 16.6 Å². The highest BCUT2D eigenvalue weighted by Crippen LogP contribution is 2.35. The normalized spacial score (nSPS) is 15.4. The molecule has 0 bridgehead atoms. The monoisotopic (exact) mass is 363 g/mol. The maximum Gasteiger partial charge on any atom is 0.307 e. The zero-order valence-corrected chi connectivity index (χ0v) is 15.7. The second-order valence-electron chi connectivity index (χ2n) is 6.46. The molecule has 0 radical (unpaired) electrons. The van der Waals surface area contributed by atoms with Crippen molar-refractivity contribution in [1.29, 1.82) is 0 Å². The van der Waals surface area contributed by atoms with Crippen LogP contribution in [0.5, 0.6) is 0 Å². The topological polar surface area (TPSA) is 73.2 Å². The van der Waals surface area contributed by atoms with Crippen LogP contribution in [0.1, 0.15) is 66.9 Å². The number of nitrogens with one attached hydrogen (secondary N) is 1. The molecule has 0 saturated heterocycles. The van der Waals surface area contributed by atoms with Gasteiger partial charge in [-0.25, -0.2) is 0 Å². The van der Waals surface area contributed by atoms with Gasteiger partial charge in [-0.15, -0.1) is 11.3 Å². The fraction of sp³-hybridized carbons (Fsp3) is 0.611. The minimum Gasteiger partial charge on any atom is -0.466 e. The van der Waals surface area contributed by atoms with Crippen molar-refractivity contribution in [2.75, 3.05) is 13.2 Å². The first-order valence-electron chi connectivity index (χ1n) is 9.02. The first kappa shape index (κ1) is 17.9. The molecule has 2 heterocycles. The largest absolute Gasteiger partial charge is 0.466 e. The number of aryl methyl sites for hydroxylation is 1. The number of hydrogen-bond acceptors (Lipinski definition) is 5. The zero-order chi connectivity index (χ0) is 17.8. The molecule has 0 spiro atoms. The van der Waals surface area contributed by atoms with Gasteiger partial charge in [0.1, 0.15) is 4.83 Å². The van der Waals surface area contributed by atoms with Crippen LogP contribution in [0.15, 0.2) is 6.07 Å². The van der Waals surface area contributed by atoms with Crippen LogP contribution in [0, 0.1) is 6.92 Å². The maximum absolute atomic E-state index is 12.4. The standard InChI is InChI=1S/C18H25N3O3S/c1-3-24-16(22)9-10-19-17(23)15-11-14-12(2)20-21(18(14)25-15)13-7-5-4-6-8-13/h11,13H,3-10H2,1-2H3,(H,19,23). The lowest BCUT2D eigenvalue weighted by Crippen LogP contribution is -2.25. The highest BCUT2D eigenvalue weighted by molar-refractivity contribution is 7.20. The Bertz CT molecular complexity index is 759. The van der Waals surface area contributed by atoms with Crippen LogP contribution < -0.4 is 5.32 Å². The number of ether oxygens (including phenoxy) is 1. The number of aromatic nitrogens is 2. The van der Waals surface area contributed by atoms with Crippen LogP contribution in [-0.4, -0.2) is 34.8 Å². The molecule has 25 heavy (non-hydrogen) atoms. The van der Waals surface area contributed by atoms with Gasteiger partial charge < -0.3 is 10.1 Å². The Kier molecular flexibility index (Phi) is 5.73. The zero-order valence-electron chi connectivity index (χ0n) is 14.8. The Morgan fingerprint density at radius 3 is 2.84 bits per heavy atom. The van der Waals surface area contributed by atoms with Gasteiger partial charge in [0.05, 0.1) is 29.6 Å². The van der Waals surface area contributed by atoms with E-state index in [0.29, 0.717) is 24.1 Å². The second kappa shape index (κ2) is 7.99. The number of fused-ring (bicyclic) bond motifs is 1. The van der Waals surface area contributed by atoms with Crippen LogP contribution >= 0.6 is 11.3 Å². The number of nitrogens with zero attached hydrogens (tertiary/aromatic N) is 2. The molecule has 1 N–H and O–H groups in total. The van der Waals surface area contributed by atoms with Gasteiger partial charge in [-0.1, -0.05) is 19.3 Å². The molecular formula is C18H25N3O3S. The molecule has 1 amide bonds. The lowest BCUT2D eigenvalue weighted by Gasteiger charge is -2.22. The fourth-order valence-corrected chi connectivity index (χ4v) is 4.50. The van der Waals surface area contributed by atoms with Gasteiger partial charge in [0.25, 0.3) is 5.91 Å².